The van der Waals surface area contributed by atoms with Crippen LogP contribution in [0.4, 0.5) is 6.01 Å². The highest BCUT2D eigenvalue weighted by Crippen LogP contribution is 2.19. The van der Waals surface area contributed by atoms with Crippen molar-refractivity contribution in [1.82, 2.24) is 9.97 Å². The summed E-state index contributed by atoms with van der Waals surface area (Å²) in [6.07, 6.45) is 3.80. The Kier molecular flexibility index (Phi) is 3.45. The van der Waals surface area contributed by atoms with Crippen LogP contribution in [-0.2, 0) is 11.2 Å². The number of carbonyl (C=O) groups excluding carboxylic acids is 1. The first kappa shape index (κ1) is 13.4. The van der Waals surface area contributed by atoms with Crippen molar-refractivity contribution >= 4 is 22.8 Å². The zero-order chi connectivity index (χ0) is 14.8. The number of nitrogens with two attached hydrogens (primary N) is 1. The summed E-state index contributed by atoms with van der Waals surface area (Å²) in [5, 5.41) is 3.65. The molecule has 3 aromatic rings. The van der Waals surface area contributed by atoms with Crippen LogP contribution in [0.2, 0.25) is 0 Å². The minimum Gasteiger partial charge on any atom is -0.432 e. The van der Waals surface area contributed by atoms with Crippen LogP contribution in [0, 0.1) is 6.92 Å². The SMILES string of the molecule is Cc1coc(NC(=O)[C@@H](N)Cc2c[nH]c3ccccc23)n1. The van der Waals surface area contributed by atoms with E-state index in [0.717, 1.165) is 16.5 Å². The van der Waals surface area contributed by atoms with Crippen LogP contribution in [0.1, 0.15) is 11.3 Å². The molecule has 1 atom stereocenters. The Morgan fingerprint density at radius 1 is 1.48 bits per heavy atom. The first-order valence-corrected chi connectivity index (χ1v) is 6.67. The number of hydrogen-bond donors (Lipinski definition) is 3. The average molecular weight is 284 g/mol. The van der Waals surface area contributed by atoms with Crippen LogP contribution in [0.25, 0.3) is 10.9 Å². The van der Waals surface area contributed by atoms with Gasteiger partial charge in [-0.25, -0.2) is 0 Å². The summed E-state index contributed by atoms with van der Waals surface area (Å²) in [5.74, 6) is -0.317. The van der Waals surface area contributed by atoms with Crippen molar-refractivity contribution in [2.45, 2.75) is 19.4 Å². The van der Waals surface area contributed by atoms with Crippen LogP contribution in [0.5, 0.6) is 0 Å². The molecule has 0 aliphatic heterocycles. The Morgan fingerprint density at radius 2 is 2.29 bits per heavy atom. The number of amides is 1. The molecule has 6 heteroatoms. The number of para-hydroxylation sites is 1. The number of hydrogen-bond acceptors (Lipinski definition) is 4. The summed E-state index contributed by atoms with van der Waals surface area (Å²) in [4.78, 5) is 19.2. The van der Waals surface area contributed by atoms with Crippen LogP contribution in [0.3, 0.4) is 0 Å². The van der Waals surface area contributed by atoms with Crippen LogP contribution < -0.4 is 11.1 Å². The van der Waals surface area contributed by atoms with E-state index in [1.54, 1.807) is 6.92 Å². The van der Waals surface area contributed by atoms with E-state index in [2.05, 4.69) is 15.3 Å². The standard InChI is InChI=1S/C15H16N4O2/c1-9-8-21-15(18-9)19-14(20)12(16)6-10-7-17-13-5-3-2-4-11(10)13/h2-5,7-8,12,17H,6,16H2,1H3,(H,18,19,20)/t12-/m0/s1. The van der Waals surface area contributed by atoms with Crippen LogP contribution in [0.15, 0.2) is 41.1 Å². The number of rotatable bonds is 4. The fraction of sp³-hybridized carbons (Fsp3) is 0.200. The van der Waals surface area contributed by atoms with Gasteiger partial charge < -0.3 is 15.1 Å². The van der Waals surface area contributed by atoms with E-state index in [9.17, 15) is 4.79 Å². The minimum atomic E-state index is -0.670. The van der Waals surface area contributed by atoms with Gasteiger partial charge in [0.05, 0.1) is 11.7 Å². The third kappa shape index (κ3) is 2.80. The van der Waals surface area contributed by atoms with Gasteiger partial charge in [0, 0.05) is 17.1 Å². The zero-order valence-corrected chi connectivity index (χ0v) is 11.6. The number of benzene rings is 1. The summed E-state index contributed by atoms with van der Waals surface area (Å²) in [7, 11) is 0. The summed E-state index contributed by atoms with van der Waals surface area (Å²) < 4.78 is 5.09. The molecule has 6 nitrogen and oxygen atoms in total. The molecule has 0 fully saturated rings. The number of fused-ring (bicyclic) bond motifs is 1. The molecule has 0 saturated carbocycles. The number of aromatic amines is 1. The molecule has 1 amide bonds. The summed E-state index contributed by atoms with van der Waals surface area (Å²) in [6.45, 7) is 1.78. The molecule has 0 radical (unpaired) electrons. The Morgan fingerprint density at radius 3 is 3.05 bits per heavy atom. The fourth-order valence-corrected chi connectivity index (χ4v) is 2.24. The van der Waals surface area contributed by atoms with E-state index in [-0.39, 0.29) is 11.9 Å². The average Bonchev–Trinajstić information content (AvgIpc) is 3.06. The summed E-state index contributed by atoms with van der Waals surface area (Å²) in [5.41, 5.74) is 8.70. The van der Waals surface area contributed by atoms with Gasteiger partial charge in [-0.1, -0.05) is 18.2 Å². The quantitative estimate of drug-likeness (QED) is 0.682. The van der Waals surface area contributed by atoms with E-state index < -0.39 is 6.04 Å². The molecule has 4 N–H and O–H groups in total. The number of nitrogens with one attached hydrogen (secondary N) is 2. The molecular formula is C15H16N4O2. The number of aryl methyl sites for hydroxylation is 1. The Bertz CT molecular complexity index is 775. The largest absolute Gasteiger partial charge is 0.432 e. The van der Waals surface area contributed by atoms with Gasteiger partial charge in [0.2, 0.25) is 5.91 Å². The molecule has 0 aliphatic carbocycles. The number of anilines is 1. The van der Waals surface area contributed by atoms with E-state index in [0.29, 0.717) is 12.1 Å². The first-order chi connectivity index (χ1) is 10.1. The third-order valence-electron chi connectivity index (χ3n) is 3.30. The molecule has 21 heavy (non-hydrogen) atoms. The van der Waals surface area contributed by atoms with Crippen LogP contribution in [-0.4, -0.2) is 21.9 Å². The highest BCUT2D eigenvalue weighted by molar-refractivity contribution is 5.93. The highest BCUT2D eigenvalue weighted by atomic mass is 16.4. The van der Waals surface area contributed by atoms with Crippen molar-refractivity contribution < 1.29 is 9.21 Å². The highest BCUT2D eigenvalue weighted by Gasteiger charge is 2.17. The monoisotopic (exact) mass is 284 g/mol. The lowest BCUT2D eigenvalue weighted by atomic mass is 10.1. The predicted octanol–water partition coefficient (Wildman–Crippen LogP) is 1.97. The van der Waals surface area contributed by atoms with Gasteiger partial charge in [-0.2, -0.15) is 4.98 Å². The second-order valence-corrected chi connectivity index (χ2v) is 4.95. The first-order valence-electron chi connectivity index (χ1n) is 6.67. The molecule has 0 unspecified atom stereocenters. The van der Waals surface area contributed by atoms with Crippen molar-refractivity contribution in [1.29, 1.82) is 0 Å². The molecule has 0 spiro atoms. The van der Waals surface area contributed by atoms with Gasteiger partial charge in [0.25, 0.3) is 0 Å². The van der Waals surface area contributed by atoms with Gasteiger partial charge in [-0.15, -0.1) is 0 Å². The van der Waals surface area contributed by atoms with Crippen LogP contribution >= 0.6 is 0 Å². The molecular weight excluding hydrogens is 268 g/mol. The number of carbonyl (C=O) groups is 1. The lowest BCUT2D eigenvalue weighted by Gasteiger charge is -2.09. The second-order valence-electron chi connectivity index (χ2n) is 4.95. The lowest BCUT2D eigenvalue weighted by molar-refractivity contribution is -0.117. The molecule has 1 aromatic carbocycles. The maximum atomic E-state index is 12.0. The minimum absolute atomic E-state index is 0.173. The van der Waals surface area contributed by atoms with Gasteiger partial charge in [0.15, 0.2) is 0 Å². The van der Waals surface area contributed by atoms with Crippen molar-refractivity contribution in [3.63, 3.8) is 0 Å². The van der Waals surface area contributed by atoms with E-state index in [1.807, 2.05) is 30.5 Å². The Balaban J connectivity index is 1.70. The molecule has 0 bridgehead atoms. The van der Waals surface area contributed by atoms with Crippen molar-refractivity contribution in [3.8, 4) is 0 Å². The Labute approximate surface area is 121 Å². The van der Waals surface area contributed by atoms with Gasteiger partial charge >= 0.3 is 6.01 Å². The number of oxazole rings is 1. The third-order valence-corrected chi connectivity index (χ3v) is 3.30. The number of aromatic nitrogens is 2. The molecule has 108 valence electrons. The normalized spacial score (nSPS) is 12.5. The van der Waals surface area contributed by atoms with Crippen molar-refractivity contribution in [3.05, 3.63) is 48.0 Å². The van der Waals surface area contributed by atoms with Gasteiger partial charge in [-0.05, 0) is 25.0 Å². The fourth-order valence-electron chi connectivity index (χ4n) is 2.24. The second kappa shape index (κ2) is 5.41. The Hall–Kier alpha value is -2.60. The zero-order valence-electron chi connectivity index (χ0n) is 11.6. The van der Waals surface area contributed by atoms with E-state index >= 15 is 0 Å². The lowest BCUT2D eigenvalue weighted by Crippen LogP contribution is -2.37. The van der Waals surface area contributed by atoms with E-state index in [4.69, 9.17) is 10.2 Å². The number of H-pyrrole nitrogens is 1. The summed E-state index contributed by atoms with van der Waals surface area (Å²) >= 11 is 0. The smallest absolute Gasteiger partial charge is 0.301 e. The van der Waals surface area contributed by atoms with Gasteiger partial charge in [0.1, 0.15) is 6.26 Å². The predicted molar refractivity (Wildman–Crippen MR) is 79.8 cm³/mol. The molecule has 2 heterocycles. The summed E-state index contributed by atoms with van der Waals surface area (Å²) in [6, 6.07) is 7.41. The van der Waals surface area contributed by atoms with Crippen molar-refractivity contribution in [2.75, 3.05) is 5.32 Å². The van der Waals surface area contributed by atoms with Crippen molar-refractivity contribution in [2.24, 2.45) is 5.73 Å². The van der Waals surface area contributed by atoms with Gasteiger partial charge in [-0.3, -0.25) is 10.1 Å². The maximum Gasteiger partial charge on any atom is 0.301 e. The van der Waals surface area contributed by atoms with E-state index in [1.165, 1.54) is 6.26 Å². The molecule has 0 saturated heterocycles. The molecule has 0 aliphatic rings. The molecule has 2 aromatic heterocycles. The molecule has 3 rings (SSSR count). The topological polar surface area (TPSA) is 96.9 Å². The number of nitrogens with zero attached hydrogens (tertiary/aromatic N) is 1. The maximum absolute atomic E-state index is 12.0.